The molecule has 0 spiro atoms. The number of carbonyl (C=O) groups is 2. The molecule has 1 aliphatic heterocycles. The average molecular weight is 369 g/mol. The van der Waals surface area contributed by atoms with E-state index in [2.05, 4.69) is 5.10 Å². The molecule has 2 aromatic rings. The standard InChI is InChI=1S/C14H12FN3O2S3/c15-9-3-5-10(6-4-9)18-14(21)23-13(16-18)22-8-12(20)17-7-1-2-11(17)19/h3-6H,1-2,7-8H2. The maximum Gasteiger partial charge on any atom is 0.239 e. The minimum Gasteiger partial charge on any atom is -0.282 e. The molecular weight excluding hydrogens is 357 g/mol. The van der Waals surface area contributed by atoms with Crippen LogP contribution in [-0.2, 0) is 9.59 Å². The zero-order valence-corrected chi connectivity index (χ0v) is 14.3. The van der Waals surface area contributed by atoms with Gasteiger partial charge in [-0.1, -0.05) is 23.1 Å². The van der Waals surface area contributed by atoms with E-state index in [1.54, 1.807) is 12.1 Å². The monoisotopic (exact) mass is 369 g/mol. The van der Waals surface area contributed by atoms with Crippen molar-refractivity contribution in [2.24, 2.45) is 0 Å². The Bertz CT molecular complexity index is 800. The van der Waals surface area contributed by atoms with Crippen LogP contribution in [-0.4, -0.2) is 38.8 Å². The summed E-state index contributed by atoms with van der Waals surface area (Å²) in [7, 11) is 0. The van der Waals surface area contributed by atoms with Crippen molar-refractivity contribution in [1.82, 2.24) is 14.7 Å². The summed E-state index contributed by atoms with van der Waals surface area (Å²) in [4.78, 5) is 24.8. The minimum absolute atomic E-state index is 0.111. The van der Waals surface area contributed by atoms with E-state index in [1.807, 2.05) is 0 Å². The van der Waals surface area contributed by atoms with Crippen LogP contribution in [0.3, 0.4) is 0 Å². The van der Waals surface area contributed by atoms with Gasteiger partial charge in [-0.25, -0.2) is 9.07 Å². The highest BCUT2D eigenvalue weighted by Crippen LogP contribution is 2.25. The second-order valence-corrected chi connectivity index (χ2v) is 7.70. The van der Waals surface area contributed by atoms with Gasteiger partial charge in [0.25, 0.3) is 0 Å². The molecule has 0 atom stereocenters. The summed E-state index contributed by atoms with van der Waals surface area (Å²) in [6.07, 6.45) is 1.17. The van der Waals surface area contributed by atoms with E-state index in [4.69, 9.17) is 12.2 Å². The van der Waals surface area contributed by atoms with E-state index in [0.29, 0.717) is 26.9 Å². The van der Waals surface area contributed by atoms with E-state index < -0.39 is 0 Å². The molecule has 3 rings (SSSR count). The number of hydrogen-bond donors (Lipinski definition) is 0. The third kappa shape index (κ3) is 3.67. The van der Waals surface area contributed by atoms with Gasteiger partial charge in [-0.2, -0.15) is 0 Å². The predicted molar refractivity (Wildman–Crippen MR) is 88.9 cm³/mol. The lowest BCUT2D eigenvalue weighted by Gasteiger charge is -2.11. The zero-order valence-electron chi connectivity index (χ0n) is 11.9. The summed E-state index contributed by atoms with van der Waals surface area (Å²) in [5.74, 6) is -0.491. The van der Waals surface area contributed by atoms with Crippen LogP contribution in [0.4, 0.5) is 4.39 Å². The van der Waals surface area contributed by atoms with Gasteiger partial charge in [-0.15, -0.1) is 5.10 Å². The van der Waals surface area contributed by atoms with Crippen molar-refractivity contribution >= 4 is 47.1 Å². The number of rotatable bonds is 4. The van der Waals surface area contributed by atoms with Gasteiger partial charge in [-0.05, 0) is 42.9 Å². The molecular formula is C14H12FN3O2S3. The van der Waals surface area contributed by atoms with Gasteiger partial charge in [0, 0.05) is 13.0 Å². The third-order valence-electron chi connectivity index (χ3n) is 3.29. The molecule has 0 N–H and O–H groups in total. The average Bonchev–Trinajstić information content (AvgIpc) is 3.12. The van der Waals surface area contributed by atoms with Crippen LogP contribution in [0.1, 0.15) is 12.8 Å². The van der Waals surface area contributed by atoms with Gasteiger partial charge in [0.1, 0.15) is 5.82 Å². The quantitative estimate of drug-likeness (QED) is 0.612. The summed E-state index contributed by atoms with van der Waals surface area (Å²) >= 11 is 7.79. The molecule has 1 aromatic heterocycles. The number of aromatic nitrogens is 2. The molecule has 1 saturated heterocycles. The Morgan fingerprint density at radius 3 is 2.78 bits per heavy atom. The van der Waals surface area contributed by atoms with Crippen molar-refractivity contribution in [3.8, 4) is 5.69 Å². The molecule has 0 unspecified atom stereocenters. The molecule has 0 saturated carbocycles. The number of thioether (sulfide) groups is 1. The van der Waals surface area contributed by atoms with Gasteiger partial charge in [0.2, 0.25) is 11.8 Å². The van der Waals surface area contributed by atoms with E-state index in [-0.39, 0.29) is 23.4 Å². The number of benzene rings is 1. The first-order valence-corrected chi connectivity index (χ1v) is 9.08. The van der Waals surface area contributed by atoms with Crippen molar-refractivity contribution in [2.45, 2.75) is 17.2 Å². The van der Waals surface area contributed by atoms with Crippen molar-refractivity contribution in [2.75, 3.05) is 12.3 Å². The van der Waals surface area contributed by atoms with Crippen LogP contribution < -0.4 is 0 Å². The normalized spacial score (nSPS) is 14.5. The first-order chi connectivity index (χ1) is 11.0. The smallest absolute Gasteiger partial charge is 0.239 e. The summed E-state index contributed by atoms with van der Waals surface area (Å²) < 4.78 is 15.7. The number of amides is 2. The lowest BCUT2D eigenvalue weighted by atomic mass is 10.3. The van der Waals surface area contributed by atoms with Gasteiger partial charge in [0.05, 0.1) is 11.4 Å². The van der Waals surface area contributed by atoms with Crippen molar-refractivity contribution in [3.63, 3.8) is 0 Å². The molecule has 0 bridgehead atoms. The maximum absolute atomic E-state index is 13.0. The van der Waals surface area contributed by atoms with Crippen LogP contribution in [0.15, 0.2) is 28.6 Å². The third-order valence-corrected chi connectivity index (χ3v) is 5.64. The van der Waals surface area contributed by atoms with E-state index in [1.165, 1.54) is 44.8 Å². The van der Waals surface area contributed by atoms with E-state index in [0.717, 1.165) is 6.42 Å². The first kappa shape index (κ1) is 16.3. The van der Waals surface area contributed by atoms with Crippen LogP contribution in [0.5, 0.6) is 0 Å². The Balaban J connectivity index is 1.69. The van der Waals surface area contributed by atoms with Crippen molar-refractivity contribution in [1.29, 1.82) is 0 Å². The molecule has 120 valence electrons. The van der Waals surface area contributed by atoms with Crippen molar-refractivity contribution < 1.29 is 14.0 Å². The number of likely N-dealkylation sites (tertiary alicyclic amines) is 1. The van der Waals surface area contributed by atoms with Crippen molar-refractivity contribution in [3.05, 3.63) is 34.0 Å². The molecule has 2 heterocycles. The Kier molecular flexibility index (Phi) is 4.88. The number of halogens is 1. The maximum atomic E-state index is 13.0. The summed E-state index contributed by atoms with van der Waals surface area (Å²) in [5, 5.41) is 4.34. The fraction of sp³-hybridized carbons (Fsp3) is 0.286. The second kappa shape index (κ2) is 6.90. The molecule has 1 aliphatic rings. The fourth-order valence-electron chi connectivity index (χ4n) is 2.18. The molecule has 1 aromatic carbocycles. The Morgan fingerprint density at radius 2 is 2.13 bits per heavy atom. The SMILES string of the molecule is O=C1CCCN1C(=O)CSc1nn(-c2ccc(F)cc2)c(=S)s1. The fourth-order valence-corrected chi connectivity index (χ4v) is 4.42. The van der Waals surface area contributed by atoms with Crippen LogP contribution in [0, 0.1) is 9.77 Å². The number of nitrogens with zero attached hydrogens (tertiary/aromatic N) is 3. The zero-order chi connectivity index (χ0) is 16.4. The number of hydrogen-bond acceptors (Lipinski definition) is 6. The molecule has 5 nitrogen and oxygen atoms in total. The van der Waals surface area contributed by atoms with Gasteiger partial charge < -0.3 is 0 Å². The van der Waals surface area contributed by atoms with Crippen LogP contribution >= 0.6 is 35.3 Å². The molecule has 1 fully saturated rings. The molecule has 0 aliphatic carbocycles. The highest BCUT2D eigenvalue weighted by Gasteiger charge is 2.26. The first-order valence-electron chi connectivity index (χ1n) is 6.87. The van der Waals surface area contributed by atoms with Gasteiger partial charge >= 0.3 is 0 Å². The molecule has 2 amide bonds. The highest BCUT2D eigenvalue weighted by molar-refractivity contribution is 8.01. The lowest BCUT2D eigenvalue weighted by molar-refractivity contribution is -0.140. The predicted octanol–water partition coefficient (Wildman–Crippen LogP) is 3.04. The van der Waals surface area contributed by atoms with Crippen LogP contribution in [0.2, 0.25) is 0 Å². The highest BCUT2D eigenvalue weighted by atomic mass is 32.2. The minimum atomic E-state index is -0.328. The van der Waals surface area contributed by atoms with E-state index >= 15 is 0 Å². The second-order valence-electron chi connectivity index (χ2n) is 4.85. The Hall–Kier alpha value is -1.58. The Morgan fingerprint density at radius 1 is 1.39 bits per heavy atom. The van der Waals surface area contributed by atoms with Crippen LogP contribution in [0.25, 0.3) is 5.69 Å². The lowest BCUT2D eigenvalue weighted by Crippen LogP contribution is -2.33. The van der Waals surface area contributed by atoms with Gasteiger partial charge in [-0.3, -0.25) is 14.5 Å². The molecule has 0 radical (unpaired) electrons. The molecule has 23 heavy (non-hydrogen) atoms. The summed E-state index contributed by atoms with van der Waals surface area (Å²) in [6, 6.07) is 5.86. The molecule has 9 heteroatoms. The summed E-state index contributed by atoms with van der Waals surface area (Å²) in [6.45, 7) is 0.498. The van der Waals surface area contributed by atoms with Gasteiger partial charge in [0.15, 0.2) is 8.29 Å². The topological polar surface area (TPSA) is 55.2 Å². The largest absolute Gasteiger partial charge is 0.282 e. The van der Waals surface area contributed by atoms with E-state index in [9.17, 15) is 14.0 Å². The number of imide groups is 1. The Labute approximate surface area is 145 Å². The summed E-state index contributed by atoms with van der Waals surface area (Å²) in [5.41, 5.74) is 0.667. The number of carbonyl (C=O) groups excluding carboxylic acids is 2.